The van der Waals surface area contributed by atoms with Gasteiger partial charge in [-0.2, -0.15) is 0 Å². The Labute approximate surface area is 128 Å². The fourth-order valence-electron chi connectivity index (χ4n) is 2.35. The molecule has 0 spiro atoms. The number of nitrogens with zero attached hydrogens (tertiary/aromatic N) is 1. The molecule has 0 fully saturated rings. The number of ether oxygens (including phenoxy) is 2. The van der Waals surface area contributed by atoms with Crippen LogP contribution in [0.2, 0.25) is 0 Å². The van der Waals surface area contributed by atoms with Crippen LogP contribution in [-0.4, -0.2) is 44.3 Å². The lowest BCUT2D eigenvalue weighted by Gasteiger charge is -2.22. The van der Waals surface area contributed by atoms with Gasteiger partial charge < -0.3 is 19.7 Å². The minimum absolute atomic E-state index is 0.324. The van der Waals surface area contributed by atoms with Crippen LogP contribution in [0, 0.1) is 0 Å². The highest BCUT2D eigenvalue weighted by Gasteiger charge is 2.14. The molecular formula is C17H28N2O2. The minimum atomic E-state index is 0.324. The maximum atomic E-state index is 5.64. The van der Waals surface area contributed by atoms with E-state index in [-0.39, 0.29) is 0 Å². The SMILES string of the molecule is CC(NCCCN(C)C(C)C)c1ccc2c(c1)OCCO2. The molecular weight excluding hydrogens is 264 g/mol. The zero-order chi connectivity index (χ0) is 15.2. The van der Waals surface area contributed by atoms with Gasteiger partial charge in [0, 0.05) is 12.1 Å². The lowest BCUT2D eigenvalue weighted by molar-refractivity contribution is 0.171. The zero-order valence-electron chi connectivity index (χ0n) is 13.7. The molecule has 118 valence electrons. The van der Waals surface area contributed by atoms with Crippen molar-refractivity contribution in [3.63, 3.8) is 0 Å². The summed E-state index contributed by atoms with van der Waals surface area (Å²) in [6.07, 6.45) is 1.16. The second kappa shape index (κ2) is 7.66. The van der Waals surface area contributed by atoms with E-state index in [4.69, 9.17) is 9.47 Å². The van der Waals surface area contributed by atoms with Crippen molar-refractivity contribution in [3.8, 4) is 11.5 Å². The van der Waals surface area contributed by atoms with Crippen molar-refractivity contribution < 1.29 is 9.47 Å². The first-order valence-corrected chi connectivity index (χ1v) is 7.91. The molecule has 4 nitrogen and oxygen atoms in total. The van der Waals surface area contributed by atoms with Gasteiger partial charge in [0.15, 0.2) is 11.5 Å². The maximum absolute atomic E-state index is 5.64. The van der Waals surface area contributed by atoms with Gasteiger partial charge in [-0.25, -0.2) is 0 Å². The normalized spacial score (nSPS) is 15.5. The first kappa shape index (κ1) is 16.1. The number of rotatable bonds is 7. The summed E-state index contributed by atoms with van der Waals surface area (Å²) in [4.78, 5) is 2.37. The third-order valence-corrected chi connectivity index (χ3v) is 4.09. The Morgan fingerprint density at radius 3 is 2.57 bits per heavy atom. The molecule has 1 aliphatic heterocycles. The zero-order valence-corrected chi connectivity index (χ0v) is 13.7. The highest BCUT2D eigenvalue weighted by atomic mass is 16.6. The standard InChI is InChI=1S/C17H28N2O2/c1-13(2)19(4)9-5-8-18-14(3)15-6-7-16-17(12-15)21-11-10-20-16/h6-7,12-14,18H,5,8-11H2,1-4H3. The third-order valence-electron chi connectivity index (χ3n) is 4.09. The predicted octanol–water partition coefficient (Wildman–Crippen LogP) is 2.84. The van der Waals surface area contributed by atoms with Gasteiger partial charge in [-0.15, -0.1) is 0 Å². The molecule has 1 aliphatic rings. The quantitative estimate of drug-likeness (QED) is 0.784. The summed E-state index contributed by atoms with van der Waals surface area (Å²) in [7, 11) is 2.18. The molecule has 21 heavy (non-hydrogen) atoms. The van der Waals surface area contributed by atoms with E-state index in [2.05, 4.69) is 50.2 Å². The van der Waals surface area contributed by atoms with Crippen LogP contribution in [0.5, 0.6) is 11.5 Å². The van der Waals surface area contributed by atoms with E-state index in [1.165, 1.54) is 5.56 Å². The average molecular weight is 292 g/mol. The van der Waals surface area contributed by atoms with Gasteiger partial charge in [0.05, 0.1) is 0 Å². The van der Waals surface area contributed by atoms with Crippen molar-refractivity contribution in [2.45, 2.75) is 39.3 Å². The van der Waals surface area contributed by atoms with E-state index < -0.39 is 0 Å². The number of hydrogen-bond acceptors (Lipinski definition) is 4. The molecule has 1 aromatic rings. The molecule has 0 aromatic heterocycles. The highest BCUT2D eigenvalue weighted by molar-refractivity contribution is 5.44. The van der Waals surface area contributed by atoms with Crippen LogP contribution in [0.15, 0.2) is 18.2 Å². The summed E-state index contributed by atoms with van der Waals surface area (Å²) < 4.78 is 11.2. The molecule has 0 bridgehead atoms. The lowest BCUT2D eigenvalue weighted by atomic mass is 10.1. The van der Waals surface area contributed by atoms with Gasteiger partial charge in [-0.1, -0.05) is 6.07 Å². The smallest absolute Gasteiger partial charge is 0.161 e. The average Bonchev–Trinajstić information content (AvgIpc) is 2.50. The molecule has 1 N–H and O–H groups in total. The minimum Gasteiger partial charge on any atom is -0.486 e. The highest BCUT2D eigenvalue weighted by Crippen LogP contribution is 2.32. The summed E-state index contributed by atoms with van der Waals surface area (Å²) in [5.74, 6) is 1.72. The first-order valence-electron chi connectivity index (χ1n) is 7.91. The van der Waals surface area contributed by atoms with Crippen LogP contribution in [0.4, 0.5) is 0 Å². The van der Waals surface area contributed by atoms with Crippen molar-refractivity contribution in [2.75, 3.05) is 33.4 Å². The first-order chi connectivity index (χ1) is 10.1. The Morgan fingerprint density at radius 2 is 1.86 bits per heavy atom. The summed E-state index contributed by atoms with van der Waals surface area (Å²) >= 11 is 0. The Kier molecular flexibility index (Phi) is 5.88. The van der Waals surface area contributed by atoms with E-state index in [1.54, 1.807) is 0 Å². The lowest BCUT2D eigenvalue weighted by Crippen LogP contribution is -2.30. The van der Waals surface area contributed by atoms with Crippen molar-refractivity contribution >= 4 is 0 Å². The molecule has 0 amide bonds. The maximum Gasteiger partial charge on any atom is 0.161 e. The van der Waals surface area contributed by atoms with Gasteiger partial charge >= 0.3 is 0 Å². The van der Waals surface area contributed by atoms with E-state index >= 15 is 0 Å². The Balaban J connectivity index is 1.79. The van der Waals surface area contributed by atoms with Gasteiger partial charge in [0.2, 0.25) is 0 Å². The molecule has 0 aliphatic carbocycles. The number of nitrogens with one attached hydrogen (secondary N) is 1. The molecule has 1 aromatic carbocycles. The summed E-state index contributed by atoms with van der Waals surface area (Å²) in [5, 5.41) is 3.58. The summed E-state index contributed by atoms with van der Waals surface area (Å²) in [6, 6.07) is 7.15. The largest absolute Gasteiger partial charge is 0.486 e. The van der Waals surface area contributed by atoms with Gasteiger partial charge in [-0.05, 0) is 65.0 Å². The van der Waals surface area contributed by atoms with Gasteiger partial charge in [0.25, 0.3) is 0 Å². The fourth-order valence-corrected chi connectivity index (χ4v) is 2.35. The monoisotopic (exact) mass is 292 g/mol. The Bertz CT molecular complexity index is 448. The second-order valence-electron chi connectivity index (χ2n) is 6.01. The van der Waals surface area contributed by atoms with E-state index in [9.17, 15) is 0 Å². The van der Waals surface area contributed by atoms with Crippen LogP contribution in [-0.2, 0) is 0 Å². The summed E-state index contributed by atoms with van der Waals surface area (Å²) in [6.45, 7) is 10.1. The molecule has 1 unspecified atom stereocenters. The van der Waals surface area contributed by atoms with Crippen molar-refractivity contribution in [1.29, 1.82) is 0 Å². The molecule has 0 radical (unpaired) electrons. The second-order valence-corrected chi connectivity index (χ2v) is 6.01. The van der Waals surface area contributed by atoms with Crippen molar-refractivity contribution in [3.05, 3.63) is 23.8 Å². The van der Waals surface area contributed by atoms with Gasteiger partial charge in [0.1, 0.15) is 13.2 Å². The molecule has 1 heterocycles. The Hall–Kier alpha value is -1.26. The van der Waals surface area contributed by atoms with Gasteiger partial charge in [-0.3, -0.25) is 0 Å². The van der Waals surface area contributed by atoms with Crippen molar-refractivity contribution in [2.24, 2.45) is 0 Å². The van der Waals surface area contributed by atoms with Crippen LogP contribution < -0.4 is 14.8 Å². The van der Waals surface area contributed by atoms with Crippen LogP contribution >= 0.6 is 0 Å². The molecule has 4 heteroatoms. The van der Waals surface area contributed by atoms with Crippen LogP contribution in [0.1, 0.15) is 38.8 Å². The third kappa shape index (κ3) is 4.61. The fraction of sp³-hybridized carbons (Fsp3) is 0.647. The molecule has 0 saturated heterocycles. The number of benzene rings is 1. The number of hydrogen-bond donors (Lipinski definition) is 1. The molecule has 1 atom stereocenters. The topological polar surface area (TPSA) is 33.7 Å². The van der Waals surface area contributed by atoms with Crippen LogP contribution in [0.25, 0.3) is 0 Å². The molecule has 0 saturated carbocycles. The van der Waals surface area contributed by atoms with Crippen LogP contribution in [0.3, 0.4) is 0 Å². The number of fused-ring (bicyclic) bond motifs is 1. The predicted molar refractivity (Wildman–Crippen MR) is 86.2 cm³/mol. The van der Waals surface area contributed by atoms with E-state index in [1.807, 2.05) is 6.07 Å². The Morgan fingerprint density at radius 1 is 1.14 bits per heavy atom. The van der Waals surface area contributed by atoms with E-state index in [0.29, 0.717) is 25.3 Å². The van der Waals surface area contributed by atoms with Crippen molar-refractivity contribution in [1.82, 2.24) is 10.2 Å². The summed E-state index contributed by atoms with van der Waals surface area (Å²) in [5.41, 5.74) is 1.25. The molecule has 2 rings (SSSR count). The van der Waals surface area contributed by atoms with E-state index in [0.717, 1.165) is 31.0 Å².